The highest BCUT2D eigenvalue weighted by molar-refractivity contribution is 7.98. The topological polar surface area (TPSA) is 39.9 Å². The van der Waals surface area contributed by atoms with Crippen LogP contribution in [0, 0.1) is 12.7 Å². The van der Waals surface area contributed by atoms with Crippen molar-refractivity contribution in [2.75, 3.05) is 0 Å². The van der Waals surface area contributed by atoms with Gasteiger partial charge in [-0.25, -0.2) is 4.39 Å². The Morgan fingerprint density at radius 1 is 1.20 bits per heavy atom. The highest BCUT2D eigenvalue weighted by Gasteiger charge is 2.13. The lowest BCUT2D eigenvalue weighted by molar-refractivity contribution is 0.290. The number of halogens is 2. The van der Waals surface area contributed by atoms with E-state index < -0.39 is 0 Å². The van der Waals surface area contributed by atoms with E-state index >= 15 is 0 Å². The monoisotopic (exact) mass is 377 g/mol. The minimum absolute atomic E-state index is 0.313. The Bertz CT molecular complexity index is 864. The van der Waals surface area contributed by atoms with Gasteiger partial charge in [0.2, 0.25) is 0 Å². The molecule has 0 unspecified atom stereocenters. The van der Waals surface area contributed by atoms with Gasteiger partial charge in [-0.05, 0) is 36.8 Å². The first-order valence-corrected chi connectivity index (χ1v) is 9.04. The number of hydrogen-bond donors (Lipinski definition) is 0. The molecule has 1 heterocycles. The molecule has 25 heavy (non-hydrogen) atoms. The molecular formula is C18H17ClFN3OS. The summed E-state index contributed by atoms with van der Waals surface area (Å²) in [5.74, 6) is 1.56. The summed E-state index contributed by atoms with van der Waals surface area (Å²) in [4.78, 5) is 0. The van der Waals surface area contributed by atoms with Crippen LogP contribution < -0.4 is 4.74 Å². The highest BCUT2D eigenvalue weighted by Crippen LogP contribution is 2.27. The van der Waals surface area contributed by atoms with Crippen LogP contribution in [0.5, 0.6) is 5.75 Å². The summed E-state index contributed by atoms with van der Waals surface area (Å²) >= 11 is 7.44. The first-order chi connectivity index (χ1) is 12.0. The Balaban J connectivity index is 1.65. The van der Waals surface area contributed by atoms with Crippen molar-refractivity contribution in [3.8, 4) is 5.75 Å². The van der Waals surface area contributed by atoms with Gasteiger partial charge >= 0.3 is 0 Å². The van der Waals surface area contributed by atoms with Crippen LogP contribution in [0.1, 0.15) is 17.0 Å². The Morgan fingerprint density at radius 2 is 2.00 bits per heavy atom. The van der Waals surface area contributed by atoms with Gasteiger partial charge < -0.3 is 9.30 Å². The van der Waals surface area contributed by atoms with Gasteiger partial charge in [-0.1, -0.05) is 41.6 Å². The van der Waals surface area contributed by atoms with Gasteiger partial charge in [0.15, 0.2) is 11.0 Å². The van der Waals surface area contributed by atoms with Gasteiger partial charge in [0, 0.05) is 23.4 Å². The van der Waals surface area contributed by atoms with Crippen LogP contribution in [0.2, 0.25) is 5.02 Å². The third-order valence-electron chi connectivity index (χ3n) is 3.69. The van der Waals surface area contributed by atoms with Crippen LogP contribution in [-0.4, -0.2) is 14.8 Å². The summed E-state index contributed by atoms with van der Waals surface area (Å²) in [5.41, 5.74) is 1.60. The fraction of sp³-hybridized carbons (Fsp3) is 0.222. The minimum Gasteiger partial charge on any atom is -0.486 e. The third-order valence-corrected chi connectivity index (χ3v) is 5.09. The van der Waals surface area contributed by atoms with E-state index in [0.717, 1.165) is 11.3 Å². The normalized spacial score (nSPS) is 10.9. The fourth-order valence-electron chi connectivity index (χ4n) is 2.26. The molecule has 0 radical (unpaired) electrons. The first kappa shape index (κ1) is 17.8. The summed E-state index contributed by atoms with van der Waals surface area (Å²) in [6, 6.07) is 12.5. The number of benzene rings is 2. The summed E-state index contributed by atoms with van der Waals surface area (Å²) in [6.45, 7) is 2.33. The second kappa shape index (κ2) is 7.89. The summed E-state index contributed by atoms with van der Waals surface area (Å²) < 4.78 is 21.4. The molecule has 0 aliphatic rings. The van der Waals surface area contributed by atoms with E-state index in [-0.39, 0.29) is 5.82 Å². The molecule has 0 aliphatic carbocycles. The van der Waals surface area contributed by atoms with Gasteiger partial charge in [-0.3, -0.25) is 0 Å². The number of hydrogen-bond acceptors (Lipinski definition) is 4. The maximum absolute atomic E-state index is 13.8. The molecule has 4 nitrogen and oxygen atoms in total. The van der Waals surface area contributed by atoms with Crippen molar-refractivity contribution in [3.63, 3.8) is 0 Å². The Labute approximate surface area is 155 Å². The summed E-state index contributed by atoms with van der Waals surface area (Å²) in [6.07, 6.45) is 0. The van der Waals surface area contributed by atoms with Crippen molar-refractivity contribution in [2.24, 2.45) is 7.05 Å². The SMILES string of the molecule is Cc1cccc(OCc2nnc(SCc3c(F)cccc3Cl)n2C)c1. The van der Waals surface area contributed by atoms with Crippen molar-refractivity contribution in [1.29, 1.82) is 0 Å². The summed E-state index contributed by atoms with van der Waals surface area (Å²) in [5, 5.41) is 9.40. The molecule has 0 aliphatic heterocycles. The number of aromatic nitrogens is 3. The van der Waals surface area contributed by atoms with Crippen molar-refractivity contribution in [2.45, 2.75) is 24.4 Å². The van der Waals surface area contributed by atoms with E-state index in [9.17, 15) is 4.39 Å². The van der Waals surface area contributed by atoms with Crippen LogP contribution >= 0.6 is 23.4 Å². The highest BCUT2D eigenvalue weighted by atomic mass is 35.5. The Kier molecular flexibility index (Phi) is 5.60. The van der Waals surface area contributed by atoms with Crippen LogP contribution in [0.25, 0.3) is 0 Å². The maximum atomic E-state index is 13.8. The van der Waals surface area contributed by atoms with E-state index in [1.807, 2.05) is 42.8 Å². The molecule has 2 aromatic carbocycles. The zero-order chi connectivity index (χ0) is 17.8. The summed E-state index contributed by atoms with van der Waals surface area (Å²) in [7, 11) is 1.86. The predicted octanol–water partition coefficient (Wildman–Crippen LogP) is 4.79. The lowest BCUT2D eigenvalue weighted by Crippen LogP contribution is -2.04. The third kappa shape index (κ3) is 4.32. The first-order valence-electron chi connectivity index (χ1n) is 7.68. The Hall–Kier alpha value is -2.05. The van der Waals surface area contributed by atoms with Crippen LogP contribution in [0.4, 0.5) is 4.39 Å². The van der Waals surface area contributed by atoms with E-state index in [0.29, 0.717) is 33.9 Å². The number of rotatable bonds is 6. The Morgan fingerprint density at radius 3 is 2.76 bits per heavy atom. The number of aryl methyl sites for hydroxylation is 1. The smallest absolute Gasteiger partial charge is 0.191 e. The second-order valence-corrected chi connectivity index (χ2v) is 6.90. The molecular weight excluding hydrogens is 361 g/mol. The molecule has 0 amide bonds. The molecule has 0 N–H and O–H groups in total. The molecule has 0 atom stereocenters. The fourth-order valence-corrected chi connectivity index (χ4v) is 3.53. The van der Waals surface area contributed by atoms with Crippen molar-refractivity contribution in [1.82, 2.24) is 14.8 Å². The van der Waals surface area contributed by atoms with Crippen molar-refractivity contribution >= 4 is 23.4 Å². The molecule has 0 spiro atoms. The number of ether oxygens (including phenoxy) is 1. The second-order valence-electron chi connectivity index (χ2n) is 5.55. The lowest BCUT2D eigenvalue weighted by Gasteiger charge is -2.08. The molecule has 3 aromatic rings. The van der Waals surface area contributed by atoms with Crippen molar-refractivity contribution < 1.29 is 9.13 Å². The minimum atomic E-state index is -0.315. The number of thioether (sulfide) groups is 1. The van der Waals surface area contributed by atoms with E-state index in [1.54, 1.807) is 12.1 Å². The van der Waals surface area contributed by atoms with Gasteiger partial charge in [-0.2, -0.15) is 0 Å². The lowest BCUT2D eigenvalue weighted by atomic mass is 10.2. The quantitative estimate of drug-likeness (QED) is 0.579. The van der Waals surface area contributed by atoms with Gasteiger partial charge in [0.1, 0.15) is 18.2 Å². The molecule has 0 bridgehead atoms. The van der Waals surface area contributed by atoms with E-state index in [1.165, 1.54) is 17.8 Å². The van der Waals surface area contributed by atoms with E-state index in [4.69, 9.17) is 16.3 Å². The molecule has 3 rings (SSSR count). The van der Waals surface area contributed by atoms with Crippen LogP contribution in [-0.2, 0) is 19.4 Å². The molecule has 7 heteroatoms. The zero-order valence-electron chi connectivity index (χ0n) is 13.9. The maximum Gasteiger partial charge on any atom is 0.191 e. The largest absolute Gasteiger partial charge is 0.486 e. The number of nitrogens with zero attached hydrogens (tertiary/aromatic N) is 3. The average Bonchev–Trinajstić information content (AvgIpc) is 2.93. The van der Waals surface area contributed by atoms with Gasteiger partial charge in [0.25, 0.3) is 0 Å². The molecule has 0 saturated carbocycles. The molecule has 1 aromatic heterocycles. The average molecular weight is 378 g/mol. The molecule has 0 saturated heterocycles. The van der Waals surface area contributed by atoms with Crippen molar-refractivity contribution in [3.05, 3.63) is 70.3 Å². The molecule has 0 fully saturated rings. The van der Waals surface area contributed by atoms with E-state index in [2.05, 4.69) is 10.2 Å². The molecule has 130 valence electrons. The zero-order valence-corrected chi connectivity index (χ0v) is 15.4. The van der Waals surface area contributed by atoms with Crippen LogP contribution in [0.3, 0.4) is 0 Å². The van der Waals surface area contributed by atoms with Crippen LogP contribution in [0.15, 0.2) is 47.6 Å². The predicted molar refractivity (Wildman–Crippen MR) is 97.5 cm³/mol. The van der Waals surface area contributed by atoms with Gasteiger partial charge in [-0.15, -0.1) is 10.2 Å². The standard InChI is InChI=1S/C18H17ClFN3OS/c1-12-5-3-6-13(9-12)24-10-17-21-22-18(23(17)2)25-11-14-15(19)7-4-8-16(14)20/h3-9H,10-11H2,1-2H3. The van der Waals surface area contributed by atoms with Gasteiger partial charge in [0.05, 0.1) is 0 Å².